The summed E-state index contributed by atoms with van der Waals surface area (Å²) >= 11 is 0. The topological polar surface area (TPSA) is 60.0 Å². The van der Waals surface area contributed by atoms with E-state index in [1.165, 1.54) is 19.3 Å². The molecule has 0 N–H and O–H groups in total. The molecule has 2 fully saturated rings. The van der Waals surface area contributed by atoms with E-state index in [2.05, 4.69) is 28.9 Å². The zero-order chi connectivity index (χ0) is 22.3. The second-order valence-electron chi connectivity index (χ2n) is 8.89. The van der Waals surface area contributed by atoms with Crippen molar-refractivity contribution in [1.82, 2.24) is 14.9 Å². The first kappa shape index (κ1) is 23.2. The van der Waals surface area contributed by atoms with E-state index in [-0.39, 0.29) is 0 Å². The average Bonchev–Trinajstić information content (AvgIpc) is 3.07. The van der Waals surface area contributed by atoms with E-state index in [0.29, 0.717) is 32.0 Å². The number of likely N-dealkylation sites (tertiary alicyclic amines) is 1. The van der Waals surface area contributed by atoms with Gasteiger partial charge >= 0.3 is 0 Å². The lowest BCUT2D eigenvalue weighted by atomic mass is 10.0. The van der Waals surface area contributed by atoms with Crippen molar-refractivity contribution in [3.8, 4) is 5.75 Å². The van der Waals surface area contributed by atoms with Crippen LogP contribution < -0.4 is 9.64 Å². The SMILES string of the molecule is CCOc1ccc2nc(N3CCCC(N4CCC(OCCOC)CC4)CC3)nc(C)c2c1. The molecule has 1 aromatic heterocycles. The lowest BCUT2D eigenvalue weighted by Gasteiger charge is -2.37. The minimum Gasteiger partial charge on any atom is -0.494 e. The van der Waals surface area contributed by atoms with Crippen molar-refractivity contribution >= 4 is 16.9 Å². The number of hydrogen-bond acceptors (Lipinski definition) is 7. The fraction of sp³-hybridized carbons (Fsp3) is 0.680. The Morgan fingerprint density at radius 1 is 1.00 bits per heavy atom. The zero-order valence-corrected chi connectivity index (χ0v) is 19.9. The van der Waals surface area contributed by atoms with Crippen LogP contribution in [-0.2, 0) is 9.47 Å². The van der Waals surface area contributed by atoms with Crippen LogP contribution in [0.3, 0.4) is 0 Å². The van der Waals surface area contributed by atoms with Crippen LogP contribution in [-0.4, -0.2) is 80.1 Å². The molecule has 0 radical (unpaired) electrons. The Morgan fingerprint density at radius 3 is 2.62 bits per heavy atom. The number of piperidine rings is 1. The van der Waals surface area contributed by atoms with E-state index in [4.69, 9.17) is 24.2 Å². The van der Waals surface area contributed by atoms with Crippen LogP contribution in [0.25, 0.3) is 10.9 Å². The minimum absolute atomic E-state index is 0.390. The van der Waals surface area contributed by atoms with Gasteiger partial charge in [0, 0.05) is 44.7 Å². The molecule has 176 valence electrons. The van der Waals surface area contributed by atoms with Crippen LogP contribution in [0.1, 0.15) is 44.7 Å². The first-order valence-electron chi connectivity index (χ1n) is 12.2. The molecule has 2 aliphatic rings. The summed E-state index contributed by atoms with van der Waals surface area (Å²) in [5, 5.41) is 1.07. The maximum atomic E-state index is 5.94. The zero-order valence-electron chi connectivity index (χ0n) is 19.9. The highest BCUT2D eigenvalue weighted by atomic mass is 16.5. The number of nitrogens with zero attached hydrogens (tertiary/aromatic N) is 4. The minimum atomic E-state index is 0.390. The number of benzene rings is 1. The Morgan fingerprint density at radius 2 is 1.84 bits per heavy atom. The fourth-order valence-electron chi connectivity index (χ4n) is 4.99. The summed E-state index contributed by atoms with van der Waals surface area (Å²) in [4.78, 5) is 14.8. The molecule has 2 saturated heterocycles. The summed E-state index contributed by atoms with van der Waals surface area (Å²) in [5.41, 5.74) is 2.01. The summed E-state index contributed by atoms with van der Waals surface area (Å²) in [7, 11) is 1.73. The van der Waals surface area contributed by atoms with Crippen molar-refractivity contribution in [2.75, 3.05) is 58.0 Å². The molecule has 0 spiro atoms. The number of rotatable bonds is 8. The third-order valence-electron chi connectivity index (χ3n) is 6.77. The lowest BCUT2D eigenvalue weighted by Crippen LogP contribution is -2.44. The molecule has 7 nitrogen and oxygen atoms in total. The van der Waals surface area contributed by atoms with E-state index in [1.54, 1.807) is 7.11 Å². The Labute approximate surface area is 192 Å². The molecule has 0 aliphatic carbocycles. The van der Waals surface area contributed by atoms with Gasteiger partial charge in [-0.25, -0.2) is 9.97 Å². The quantitative estimate of drug-likeness (QED) is 0.576. The highest BCUT2D eigenvalue weighted by molar-refractivity contribution is 5.83. The molecule has 1 aromatic carbocycles. The third kappa shape index (κ3) is 5.69. The van der Waals surface area contributed by atoms with Gasteiger partial charge < -0.3 is 24.0 Å². The monoisotopic (exact) mass is 442 g/mol. The molecule has 0 bridgehead atoms. The normalized spacial score (nSPS) is 21.1. The molecule has 2 aromatic rings. The fourth-order valence-corrected chi connectivity index (χ4v) is 4.99. The van der Waals surface area contributed by atoms with Gasteiger partial charge in [0.2, 0.25) is 5.95 Å². The molecule has 3 heterocycles. The van der Waals surface area contributed by atoms with E-state index in [0.717, 1.165) is 67.3 Å². The molecule has 1 unspecified atom stereocenters. The number of ether oxygens (including phenoxy) is 3. The standard InChI is InChI=1S/C25H38N4O3/c1-4-31-22-7-8-24-23(18-22)19(2)26-25(27-24)29-12-5-6-20(9-13-29)28-14-10-21(11-15-28)32-17-16-30-3/h7-8,18,20-21H,4-6,9-17H2,1-3H3. The lowest BCUT2D eigenvalue weighted by molar-refractivity contribution is -0.0220. The summed E-state index contributed by atoms with van der Waals surface area (Å²) in [6.07, 6.45) is 6.23. The van der Waals surface area contributed by atoms with E-state index >= 15 is 0 Å². The van der Waals surface area contributed by atoms with Gasteiger partial charge in [-0.3, -0.25) is 0 Å². The van der Waals surface area contributed by atoms with Crippen LogP contribution in [0.4, 0.5) is 5.95 Å². The number of methoxy groups -OCH3 is 1. The van der Waals surface area contributed by atoms with Crippen molar-refractivity contribution in [3.05, 3.63) is 23.9 Å². The van der Waals surface area contributed by atoms with E-state index < -0.39 is 0 Å². The Bertz CT molecular complexity index is 870. The molecule has 32 heavy (non-hydrogen) atoms. The van der Waals surface area contributed by atoms with Crippen LogP contribution in [0.15, 0.2) is 18.2 Å². The number of anilines is 1. The van der Waals surface area contributed by atoms with Crippen molar-refractivity contribution in [2.45, 2.75) is 58.1 Å². The highest BCUT2D eigenvalue weighted by Gasteiger charge is 2.28. The smallest absolute Gasteiger partial charge is 0.226 e. The molecule has 4 rings (SSSR count). The maximum Gasteiger partial charge on any atom is 0.226 e. The van der Waals surface area contributed by atoms with Crippen LogP contribution >= 0.6 is 0 Å². The summed E-state index contributed by atoms with van der Waals surface area (Å²) in [5.74, 6) is 1.75. The third-order valence-corrected chi connectivity index (χ3v) is 6.77. The largest absolute Gasteiger partial charge is 0.494 e. The van der Waals surface area contributed by atoms with Crippen molar-refractivity contribution in [1.29, 1.82) is 0 Å². The summed E-state index contributed by atoms with van der Waals surface area (Å²) < 4.78 is 16.7. The molecular weight excluding hydrogens is 404 g/mol. The molecule has 0 saturated carbocycles. The van der Waals surface area contributed by atoms with Gasteiger partial charge in [0.15, 0.2) is 0 Å². The van der Waals surface area contributed by atoms with Gasteiger partial charge in [0.25, 0.3) is 0 Å². The first-order chi connectivity index (χ1) is 15.7. The van der Waals surface area contributed by atoms with Crippen molar-refractivity contribution < 1.29 is 14.2 Å². The highest BCUT2D eigenvalue weighted by Crippen LogP contribution is 2.27. The predicted molar refractivity (Wildman–Crippen MR) is 128 cm³/mol. The average molecular weight is 443 g/mol. The Hall–Kier alpha value is -1.96. The summed E-state index contributed by atoms with van der Waals surface area (Å²) in [6.45, 7) is 10.4. The van der Waals surface area contributed by atoms with Gasteiger partial charge in [-0.05, 0) is 64.2 Å². The molecule has 2 aliphatic heterocycles. The number of hydrogen-bond donors (Lipinski definition) is 0. The molecule has 7 heteroatoms. The Kier molecular flexibility index (Phi) is 8.16. The van der Waals surface area contributed by atoms with Crippen LogP contribution in [0.5, 0.6) is 5.75 Å². The van der Waals surface area contributed by atoms with Gasteiger partial charge in [-0.1, -0.05) is 0 Å². The molecule has 1 atom stereocenters. The van der Waals surface area contributed by atoms with Gasteiger partial charge in [0.1, 0.15) is 5.75 Å². The van der Waals surface area contributed by atoms with Gasteiger partial charge in [-0.15, -0.1) is 0 Å². The summed E-state index contributed by atoms with van der Waals surface area (Å²) in [6, 6.07) is 6.76. The molecule has 0 amide bonds. The molecular formula is C25H38N4O3. The second kappa shape index (κ2) is 11.3. The van der Waals surface area contributed by atoms with Gasteiger partial charge in [-0.2, -0.15) is 0 Å². The predicted octanol–water partition coefficient (Wildman–Crippen LogP) is 3.82. The first-order valence-corrected chi connectivity index (χ1v) is 12.2. The maximum absolute atomic E-state index is 5.94. The Balaban J connectivity index is 1.35. The number of aromatic nitrogens is 2. The van der Waals surface area contributed by atoms with Crippen LogP contribution in [0.2, 0.25) is 0 Å². The van der Waals surface area contributed by atoms with Gasteiger partial charge in [0.05, 0.1) is 37.1 Å². The van der Waals surface area contributed by atoms with Crippen molar-refractivity contribution in [2.24, 2.45) is 0 Å². The second-order valence-corrected chi connectivity index (χ2v) is 8.89. The van der Waals surface area contributed by atoms with E-state index in [1.807, 2.05) is 13.0 Å². The number of aryl methyl sites for hydroxylation is 1. The van der Waals surface area contributed by atoms with Crippen LogP contribution in [0, 0.1) is 6.92 Å². The number of fused-ring (bicyclic) bond motifs is 1. The van der Waals surface area contributed by atoms with E-state index in [9.17, 15) is 0 Å². The van der Waals surface area contributed by atoms with Crippen molar-refractivity contribution in [3.63, 3.8) is 0 Å².